The highest BCUT2D eigenvalue weighted by atomic mass is 16.4. The van der Waals surface area contributed by atoms with E-state index >= 15 is 0 Å². The smallest absolute Gasteiger partial charge is 0.328 e. The minimum Gasteiger partial charge on any atom is -0.481 e. The molecule has 5 atom stereocenters. The van der Waals surface area contributed by atoms with Gasteiger partial charge in [0.1, 0.15) is 0 Å². The predicted octanol–water partition coefficient (Wildman–Crippen LogP) is 3.63. The Hall–Kier alpha value is -1.62. The van der Waals surface area contributed by atoms with Gasteiger partial charge >= 0.3 is 11.9 Å². The maximum Gasteiger partial charge on any atom is 0.328 e. The Bertz CT molecular complexity index is 607. The first-order valence-electron chi connectivity index (χ1n) is 9.00. The fourth-order valence-corrected chi connectivity index (χ4v) is 5.51. The molecule has 2 aliphatic rings. The third kappa shape index (κ3) is 3.66. The number of carbonyl (C=O) groups is 2. The summed E-state index contributed by atoms with van der Waals surface area (Å²) in [6.07, 6.45) is 4.42. The van der Waals surface area contributed by atoms with E-state index in [1.54, 1.807) is 13.8 Å². The van der Waals surface area contributed by atoms with Crippen molar-refractivity contribution < 1.29 is 24.9 Å². The molecule has 0 heterocycles. The van der Waals surface area contributed by atoms with Crippen molar-refractivity contribution in [3.63, 3.8) is 0 Å². The van der Waals surface area contributed by atoms with Gasteiger partial charge in [-0.25, -0.2) is 4.79 Å². The molecule has 0 spiro atoms. The van der Waals surface area contributed by atoms with Crippen LogP contribution in [0.1, 0.15) is 59.3 Å². The summed E-state index contributed by atoms with van der Waals surface area (Å²) < 4.78 is 0. The van der Waals surface area contributed by atoms with E-state index in [1.165, 1.54) is 6.08 Å². The number of fused-ring (bicyclic) bond motifs is 1. The molecule has 5 nitrogen and oxygen atoms in total. The van der Waals surface area contributed by atoms with Gasteiger partial charge in [-0.05, 0) is 69.6 Å². The predicted molar refractivity (Wildman–Crippen MR) is 95.1 cm³/mol. The SMILES string of the molecule is C=C1CC[C@@H]2[C@](C)(C[C@H](O)C[C@@]2(C)C(=O)O)[C@H]1CC/C(C)=C/C(=O)O. The summed E-state index contributed by atoms with van der Waals surface area (Å²) in [5.41, 5.74) is 0.633. The number of hydrogen-bond acceptors (Lipinski definition) is 3. The monoisotopic (exact) mass is 350 g/mol. The average molecular weight is 350 g/mol. The van der Waals surface area contributed by atoms with E-state index in [1.807, 2.05) is 0 Å². The van der Waals surface area contributed by atoms with Crippen molar-refractivity contribution in [2.45, 2.75) is 65.4 Å². The van der Waals surface area contributed by atoms with Crippen LogP contribution in [0, 0.1) is 22.7 Å². The zero-order valence-corrected chi connectivity index (χ0v) is 15.4. The number of hydrogen-bond donors (Lipinski definition) is 3. The van der Waals surface area contributed by atoms with Crippen LogP contribution >= 0.6 is 0 Å². The van der Waals surface area contributed by atoms with E-state index in [0.717, 1.165) is 30.4 Å². The summed E-state index contributed by atoms with van der Waals surface area (Å²) in [4.78, 5) is 22.8. The second-order valence-corrected chi connectivity index (χ2v) is 8.46. The van der Waals surface area contributed by atoms with E-state index in [-0.39, 0.29) is 17.3 Å². The van der Waals surface area contributed by atoms with Crippen molar-refractivity contribution >= 4 is 11.9 Å². The van der Waals surface area contributed by atoms with Gasteiger partial charge in [-0.3, -0.25) is 4.79 Å². The van der Waals surface area contributed by atoms with Crippen LogP contribution in [0.3, 0.4) is 0 Å². The molecule has 0 aromatic carbocycles. The number of aliphatic carboxylic acids is 2. The molecule has 0 aromatic rings. The second-order valence-electron chi connectivity index (χ2n) is 8.46. The molecule has 140 valence electrons. The van der Waals surface area contributed by atoms with Crippen LogP contribution in [0.4, 0.5) is 0 Å². The van der Waals surface area contributed by atoms with Crippen LogP contribution in [-0.4, -0.2) is 33.4 Å². The Labute approximate surface area is 149 Å². The van der Waals surface area contributed by atoms with Crippen LogP contribution < -0.4 is 0 Å². The molecule has 0 bridgehead atoms. The number of carboxylic acids is 2. The molecule has 0 amide bonds. The summed E-state index contributed by atoms with van der Waals surface area (Å²) in [7, 11) is 0. The third-order valence-corrected chi connectivity index (χ3v) is 6.63. The molecule has 2 fully saturated rings. The topological polar surface area (TPSA) is 94.8 Å². The Morgan fingerprint density at radius 1 is 1.28 bits per heavy atom. The van der Waals surface area contributed by atoms with E-state index in [2.05, 4.69) is 13.5 Å². The fourth-order valence-electron chi connectivity index (χ4n) is 5.51. The van der Waals surface area contributed by atoms with Crippen LogP contribution in [0.25, 0.3) is 0 Å². The highest BCUT2D eigenvalue weighted by Gasteiger charge is 2.59. The van der Waals surface area contributed by atoms with Gasteiger partial charge in [0.05, 0.1) is 11.5 Å². The highest BCUT2D eigenvalue weighted by molar-refractivity contribution is 5.80. The van der Waals surface area contributed by atoms with Crippen LogP contribution in [0.5, 0.6) is 0 Å². The lowest BCUT2D eigenvalue weighted by molar-refractivity contribution is -0.173. The Morgan fingerprint density at radius 2 is 1.92 bits per heavy atom. The normalized spacial score (nSPS) is 39.0. The standard InChI is InChI=1S/C20H30O5/c1-12(9-17(22)23)5-7-15-13(2)6-8-16-19(15,3)10-14(21)11-20(16,4)18(24)25/h9,14-16,21H,2,5-8,10-11H2,1,3-4H3,(H,22,23)(H,24,25)/b12-9+/t14-,15-,16+,19+,20+/m0/s1. The van der Waals surface area contributed by atoms with Gasteiger partial charge < -0.3 is 15.3 Å². The van der Waals surface area contributed by atoms with Crippen LogP contribution in [-0.2, 0) is 9.59 Å². The Kier molecular flexibility index (Phi) is 5.47. The molecule has 3 N–H and O–H groups in total. The lowest BCUT2D eigenvalue weighted by Gasteiger charge is -2.58. The first-order chi connectivity index (χ1) is 11.5. The Morgan fingerprint density at radius 3 is 2.48 bits per heavy atom. The van der Waals surface area contributed by atoms with E-state index in [4.69, 9.17) is 5.11 Å². The largest absolute Gasteiger partial charge is 0.481 e. The molecular formula is C20H30O5. The number of rotatable bonds is 5. The number of allylic oxidation sites excluding steroid dienone is 2. The third-order valence-electron chi connectivity index (χ3n) is 6.63. The first-order valence-corrected chi connectivity index (χ1v) is 9.00. The molecule has 0 unspecified atom stereocenters. The number of carboxylic acid groups (broad SMARTS) is 2. The van der Waals surface area contributed by atoms with E-state index in [9.17, 15) is 19.8 Å². The average Bonchev–Trinajstić information content (AvgIpc) is 2.44. The first kappa shape index (κ1) is 19.7. The summed E-state index contributed by atoms with van der Waals surface area (Å²) >= 11 is 0. The minimum atomic E-state index is -0.949. The molecule has 0 saturated heterocycles. The summed E-state index contributed by atoms with van der Waals surface area (Å²) in [5.74, 6) is -1.71. The molecule has 25 heavy (non-hydrogen) atoms. The van der Waals surface area contributed by atoms with Gasteiger partial charge in [-0.2, -0.15) is 0 Å². The number of aliphatic hydroxyl groups excluding tert-OH is 1. The summed E-state index contributed by atoms with van der Waals surface area (Å²) in [6, 6.07) is 0. The number of aliphatic hydroxyl groups is 1. The molecule has 2 rings (SSSR count). The van der Waals surface area contributed by atoms with Crippen molar-refractivity contribution in [3.8, 4) is 0 Å². The molecular weight excluding hydrogens is 320 g/mol. The molecule has 5 heteroatoms. The van der Waals surface area contributed by atoms with Gasteiger partial charge in [0.15, 0.2) is 0 Å². The zero-order valence-electron chi connectivity index (χ0n) is 15.4. The van der Waals surface area contributed by atoms with Crippen molar-refractivity contribution in [2.24, 2.45) is 22.7 Å². The van der Waals surface area contributed by atoms with Crippen LogP contribution in [0.2, 0.25) is 0 Å². The van der Waals surface area contributed by atoms with Crippen molar-refractivity contribution in [1.82, 2.24) is 0 Å². The summed E-state index contributed by atoms with van der Waals surface area (Å²) in [5, 5.41) is 29.1. The fraction of sp³-hybridized carbons (Fsp3) is 0.700. The van der Waals surface area contributed by atoms with Gasteiger partial charge in [0.25, 0.3) is 0 Å². The maximum absolute atomic E-state index is 12.0. The summed E-state index contributed by atoms with van der Waals surface area (Å²) in [6.45, 7) is 9.88. The van der Waals surface area contributed by atoms with Crippen molar-refractivity contribution in [3.05, 3.63) is 23.8 Å². The van der Waals surface area contributed by atoms with Crippen molar-refractivity contribution in [1.29, 1.82) is 0 Å². The zero-order chi connectivity index (χ0) is 19.0. The van der Waals surface area contributed by atoms with Gasteiger partial charge in [0, 0.05) is 6.08 Å². The second kappa shape index (κ2) is 6.94. The quantitative estimate of drug-likeness (QED) is 0.520. The van der Waals surface area contributed by atoms with Crippen molar-refractivity contribution in [2.75, 3.05) is 0 Å². The lowest BCUT2D eigenvalue weighted by atomic mass is 9.46. The Balaban J connectivity index is 2.31. The highest BCUT2D eigenvalue weighted by Crippen LogP contribution is 2.62. The molecule has 2 aliphatic carbocycles. The molecule has 0 aliphatic heterocycles. The van der Waals surface area contributed by atoms with Gasteiger partial charge in [-0.15, -0.1) is 0 Å². The van der Waals surface area contributed by atoms with Crippen LogP contribution in [0.15, 0.2) is 23.8 Å². The van der Waals surface area contributed by atoms with E-state index in [0.29, 0.717) is 19.3 Å². The van der Waals surface area contributed by atoms with Gasteiger partial charge in [0.2, 0.25) is 0 Å². The molecule has 2 saturated carbocycles. The lowest BCUT2D eigenvalue weighted by Crippen LogP contribution is -2.56. The maximum atomic E-state index is 12.0. The molecule has 0 aromatic heterocycles. The molecule has 0 radical (unpaired) electrons. The van der Waals surface area contributed by atoms with E-state index < -0.39 is 23.5 Å². The minimum absolute atomic E-state index is 0.0137. The van der Waals surface area contributed by atoms with Gasteiger partial charge in [-0.1, -0.05) is 24.6 Å².